The molecule has 0 aliphatic rings. The van der Waals surface area contributed by atoms with Gasteiger partial charge in [-0.25, -0.2) is 4.98 Å². The summed E-state index contributed by atoms with van der Waals surface area (Å²) in [6.45, 7) is 2.48. The fourth-order valence-corrected chi connectivity index (χ4v) is 3.66. The Kier molecular flexibility index (Phi) is 5.15. The minimum Gasteiger partial charge on any atom is -0.350 e. The van der Waals surface area contributed by atoms with Gasteiger partial charge >= 0.3 is 0 Å². The zero-order valence-corrected chi connectivity index (χ0v) is 14.3. The molecule has 2 aromatic heterocycles. The minimum atomic E-state index is -0.208. The summed E-state index contributed by atoms with van der Waals surface area (Å²) in [6.07, 6.45) is 3.67. The number of thioether (sulfide) groups is 1. The van der Waals surface area contributed by atoms with Crippen LogP contribution in [-0.2, 0) is 11.3 Å². The third-order valence-corrected chi connectivity index (χ3v) is 5.27. The summed E-state index contributed by atoms with van der Waals surface area (Å²) in [5, 5.41) is 5.59. The van der Waals surface area contributed by atoms with E-state index in [9.17, 15) is 4.79 Å². The number of nitrogens with zero attached hydrogens (tertiary/aromatic N) is 2. The summed E-state index contributed by atoms with van der Waals surface area (Å²) in [5.74, 6) is 0.0195. The lowest BCUT2D eigenvalue weighted by Crippen LogP contribution is -2.30. The standard InChI is InChI=1S/C17H17N3OS2/c1-13(16(21)19-12-15-8-5-11-22-15)23-17-18-9-10-20(17)14-6-3-2-4-7-14/h2-11,13H,12H2,1H3,(H,19,21). The van der Waals surface area contributed by atoms with E-state index in [-0.39, 0.29) is 11.2 Å². The molecule has 118 valence electrons. The number of imidazole rings is 1. The molecule has 0 saturated carbocycles. The van der Waals surface area contributed by atoms with Crippen molar-refractivity contribution in [1.29, 1.82) is 0 Å². The van der Waals surface area contributed by atoms with Crippen molar-refractivity contribution < 1.29 is 4.79 Å². The van der Waals surface area contributed by atoms with Gasteiger partial charge in [-0.15, -0.1) is 11.3 Å². The van der Waals surface area contributed by atoms with Crippen LogP contribution in [0.3, 0.4) is 0 Å². The first kappa shape index (κ1) is 15.8. The Labute approximate surface area is 143 Å². The minimum absolute atomic E-state index is 0.0195. The predicted octanol–water partition coefficient (Wildman–Crippen LogP) is 3.73. The summed E-state index contributed by atoms with van der Waals surface area (Å²) >= 11 is 3.10. The molecule has 1 amide bonds. The quantitative estimate of drug-likeness (QED) is 0.694. The maximum absolute atomic E-state index is 12.2. The molecule has 4 nitrogen and oxygen atoms in total. The fourth-order valence-electron chi connectivity index (χ4n) is 2.10. The Balaban J connectivity index is 1.63. The van der Waals surface area contributed by atoms with Gasteiger partial charge in [0.15, 0.2) is 5.16 Å². The second-order valence-corrected chi connectivity index (χ2v) is 7.31. The van der Waals surface area contributed by atoms with Crippen molar-refractivity contribution in [2.45, 2.75) is 23.9 Å². The second-order valence-electron chi connectivity index (χ2n) is 4.97. The fraction of sp³-hybridized carbons (Fsp3) is 0.176. The number of thiophene rings is 1. The van der Waals surface area contributed by atoms with Crippen LogP contribution in [0.5, 0.6) is 0 Å². The van der Waals surface area contributed by atoms with Crippen LogP contribution in [0.4, 0.5) is 0 Å². The smallest absolute Gasteiger partial charge is 0.233 e. The van der Waals surface area contributed by atoms with Gasteiger partial charge in [0.25, 0.3) is 0 Å². The second kappa shape index (κ2) is 7.48. The van der Waals surface area contributed by atoms with Gasteiger partial charge in [-0.3, -0.25) is 9.36 Å². The first-order valence-electron chi connectivity index (χ1n) is 7.29. The molecule has 0 spiro atoms. The summed E-state index contributed by atoms with van der Waals surface area (Å²) in [4.78, 5) is 17.8. The number of hydrogen-bond acceptors (Lipinski definition) is 4. The van der Waals surface area contributed by atoms with Crippen LogP contribution in [0.15, 0.2) is 65.4 Å². The first-order chi connectivity index (χ1) is 11.2. The number of amides is 1. The van der Waals surface area contributed by atoms with Gasteiger partial charge in [-0.1, -0.05) is 36.0 Å². The molecule has 23 heavy (non-hydrogen) atoms. The molecular formula is C17H17N3OS2. The van der Waals surface area contributed by atoms with Crippen LogP contribution in [0.2, 0.25) is 0 Å². The van der Waals surface area contributed by atoms with Crippen molar-refractivity contribution in [2.24, 2.45) is 0 Å². The molecule has 0 saturated heterocycles. The van der Waals surface area contributed by atoms with Crippen molar-refractivity contribution in [3.8, 4) is 5.69 Å². The molecule has 0 aliphatic carbocycles. The number of carbonyl (C=O) groups excluding carboxylic acids is 1. The van der Waals surface area contributed by atoms with E-state index in [0.717, 1.165) is 15.7 Å². The highest BCUT2D eigenvalue weighted by molar-refractivity contribution is 8.00. The predicted molar refractivity (Wildman–Crippen MR) is 95.0 cm³/mol. The molecule has 2 heterocycles. The number of hydrogen-bond donors (Lipinski definition) is 1. The van der Waals surface area contributed by atoms with E-state index in [2.05, 4.69) is 10.3 Å². The summed E-state index contributed by atoms with van der Waals surface area (Å²) < 4.78 is 1.99. The zero-order valence-electron chi connectivity index (χ0n) is 12.7. The summed E-state index contributed by atoms with van der Waals surface area (Å²) in [6, 6.07) is 14.0. The Morgan fingerprint density at radius 1 is 1.30 bits per heavy atom. The SMILES string of the molecule is CC(Sc1nccn1-c1ccccc1)C(=O)NCc1cccs1. The Hall–Kier alpha value is -2.05. The number of rotatable bonds is 6. The molecule has 6 heteroatoms. The topological polar surface area (TPSA) is 46.9 Å². The lowest BCUT2D eigenvalue weighted by Gasteiger charge is -2.12. The van der Waals surface area contributed by atoms with Gasteiger partial charge < -0.3 is 5.32 Å². The Morgan fingerprint density at radius 2 is 2.13 bits per heavy atom. The van der Waals surface area contributed by atoms with E-state index in [1.54, 1.807) is 17.5 Å². The van der Waals surface area contributed by atoms with Crippen molar-refractivity contribution in [1.82, 2.24) is 14.9 Å². The van der Waals surface area contributed by atoms with E-state index in [4.69, 9.17) is 0 Å². The van der Waals surface area contributed by atoms with E-state index < -0.39 is 0 Å². The van der Waals surface area contributed by atoms with Gasteiger partial charge in [0.05, 0.1) is 11.8 Å². The molecule has 0 radical (unpaired) electrons. The molecule has 0 aliphatic heterocycles. The maximum atomic E-state index is 12.2. The number of carbonyl (C=O) groups is 1. The number of para-hydroxylation sites is 1. The number of aromatic nitrogens is 2. The molecule has 3 rings (SSSR count). The number of benzene rings is 1. The van der Waals surface area contributed by atoms with E-state index in [0.29, 0.717) is 6.54 Å². The van der Waals surface area contributed by atoms with Gasteiger partial charge in [0, 0.05) is 23.0 Å². The first-order valence-corrected chi connectivity index (χ1v) is 9.05. The Bertz CT molecular complexity index is 753. The van der Waals surface area contributed by atoms with Crippen molar-refractivity contribution in [3.05, 3.63) is 65.1 Å². The van der Waals surface area contributed by atoms with E-state index in [1.165, 1.54) is 11.8 Å². The van der Waals surface area contributed by atoms with Crippen LogP contribution in [0, 0.1) is 0 Å². The van der Waals surface area contributed by atoms with Crippen LogP contribution in [0.1, 0.15) is 11.8 Å². The number of nitrogens with one attached hydrogen (secondary N) is 1. The molecule has 0 bridgehead atoms. The summed E-state index contributed by atoms with van der Waals surface area (Å²) in [5.41, 5.74) is 1.04. The van der Waals surface area contributed by atoms with Crippen molar-refractivity contribution in [2.75, 3.05) is 0 Å². The monoisotopic (exact) mass is 343 g/mol. The van der Waals surface area contributed by atoms with E-state index >= 15 is 0 Å². The average molecular weight is 343 g/mol. The van der Waals surface area contributed by atoms with Gasteiger partial charge in [0.1, 0.15) is 0 Å². The Morgan fingerprint density at radius 3 is 2.87 bits per heavy atom. The molecule has 1 N–H and O–H groups in total. The average Bonchev–Trinajstić information content (AvgIpc) is 3.25. The van der Waals surface area contributed by atoms with Crippen LogP contribution in [-0.4, -0.2) is 20.7 Å². The van der Waals surface area contributed by atoms with Gasteiger partial charge in [-0.2, -0.15) is 0 Å². The maximum Gasteiger partial charge on any atom is 0.233 e. The normalized spacial score (nSPS) is 12.0. The van der Waals surface area contributed by atoms with Gasteiger partial charge in [-0.05, 0) is 30.5 Å². The molecule has 1 aromatic carbocycles. The third-order valence-electron chi connectivity index (χ3n) is 3.31. The lowest BCUT2D eigenvalue weighted by atomic mass is 10.3. The third kappa shape index (κ3) is 4.03. The van der Waals surface area contributed by atoms with Gasteiger partial charge in [0.2, 0.25) is 5.91 Å². The highest BCUT2D eigenvalue weighted by Gasteiger charge is 2.17. The molecule has 0 fully saturated rings. The molecular weight excluding hydrogens is 326 g/mol. The van der Waals surface area contributed by atoms with Crippen molar-refractivity contribution in [3.63, 3.8) is 0 Å². The largest absolute Gasteiger partial charge is 0.350 e. The highest BCUT2D eigenvalue weighted by atomic mass is 32.2. The lowest BCUT2D eigenvalue weighted by molar-refractivity contribution is -0.120. The molecule has 3 aromatic rings. The zero-order chi connectivity index (χ0) is 16.1. The van der Waals surface area contributed by atoms with Crippen LogP contribution < -0.4 is 5.32 Å². The molecule has 1 unspecified atom stereocenters. The van der Waals surface area contributed by atoms with E-state index in [1.807, 2.05) is 65.5 Å². The summed E-state index contributed by atoms with van der Waals surface area (Å²) in [7, 11) is 0. The highest BCUT2D eigenvalue weighted by Crippen LogP contribution is 2.24. The van der Waals surface area contributed by atoms with Crippen LogP contribution >= 0.6 is 23.1 Å². The van der Waals surface area contributed by atoms with Crippen LogP contribution in [0.25, 0.3) is 5.69 Å². The molecule has 1 atom stereocenters. The van der Waals surface area contributed by atoms with Crippen molar-refractivity contribution >= 4 is 29.0 Å².